The molecule has 108 valence electrons. The Hall–Kier alpha value is -0.257. The van der Waals surface area contributed by atoms with Gasteiger partial charge in [0.1, 0.15) is 0 Å². The Labute approximate surface area is 126 Å². The molecular weight excluding hydrogens is 433 g/mol. The van der Waals surface area contributed by atoms with Crippen molar-refractivity contribution in [3.8, 4) is 0 Å². The van der Waals surface area contributed by atoms with E-state index in [1.165, 1.54) is 0 Å². The van der Waals surface area contributed by atoms with Crippen molar-refractivity contribution in [2.24, 2.45) is 22.3 Å². The van der Waals surface area contributed by atoms with Crippen LogP contribution >= 0.6 is 0 Å². The summed E-state index contributed by atoms with van der Waals surface area (Å²) in [5, 5.41) is 17.7. The Kier molecular flexibility index (Phi) is 6.98. The van der Waals surface area contributed by atoms with E-state index in [0.717, 1.165) is 0 Å². The molecule has 0 aliphatic heterocycles. The van der Waals surface area contributed by atoms with Crippen LogP contribution in [0, 0.1) is 10.8 Å². The van der Waals surface area contributed by atoms with E-state index in [-0.39, 0.29) is 32.6 Å². The van der Waals surface area contributed by atoms with E-state index in [9.17, 15) is 9.59 Å². The molecule has 0 atom stereocenters. The number of carboxylic acid groups (broad SMARTS) is 2. The molecule has 0 fully saturated rings. The normalized spacial score (nSPS) is 12.8. The van der Waals surface area contributed by atoms with Crippen LogP contribution in [0.3, 0.4) is 0 Å². The van der Waals surface area contributed by atoms with Gasteiger partial charge in [-0.15, -0.1) is 0 Å². The number of nitrogens with two attached hydrogens (primary N) is 2. The van der Waals surface area contributed by atoms with Crippen molar-refractivity contribution in [3.05, 3.63) is 0 Å². The second-order valence-electron chi connectivity index (χ2n) is 5.58. The Bertz CT molecular complexity index is 327. The summed E-state index contributed by atoms with van der Waals surface area (Å²) in [4.78, 5) is 21.7. The van der Waals surface area contributed by atoms with Crippen molar-refractivity contribution in [1.29, 1.82) is 0 Å². The van der Waals surface area contributed by atoms with Crippen LogP contribution in [0.25, 0.3) is 0 Å². The monoisotopic (exact) mass is 458 g/mol. The van der Waals surface area contributed by atoms with Gasteiger partial charge in [-0.25, -0.2) is 4.79 Å². The zero-order valence-electron chi connectivity index (χ0n) is 11.5. The maximum atomic E-state index is 11.1. The fourth-order valence-corrected chi connectivity index (χ4v) is 1.56. The standard InChI is InChI=1S/C11H22N2O4.Bi.3H/c1-9(2,6-5-7(14)15)10(3,4)11(12,13)8(16)17;;;;/h5-6,12-13H2,1-4H3,(H,14,15)(H,16,17);;;;. The summed E-state index contributed by atoms with van der Waals surface area (Å²) < 4.78 is 0. The van der Waals surface area contributed by atoms with Crippen LogP contribution in [-0.4, -0.2) is 54.0 Å². The van der Waals surface area contributed by atoms with Gasteiger partial charge in [-0.3, -0.25) is 4.79 Å². The number of hydrogen-bond donors (Lipinski definition) is 4. The molecule has 0 aliphatic carbocycles. The first-order chi connectivity index (χ1) is 7.36. The van der Waals surface area contributed by atoms with Gasteiger partial charge in [0.15, 0.2) is 5.66 Å². The first-order valence-electron chi connectivity index (χ1n) is 5.39. The molecular formula is C11H25BiN2O4. The van der Waals surface area contributed by atoms with Crippen LogP contribution in [0.15, 0.2) is 0 Å². The average Bonchev–Trinajstić information content (AvgIpc) is 2.14. The number of carboxylic acids is 2. The molecule has 7 heteroatoms. The van der Waals surface area contributed by atoms with E-state index >= 15 is 0 Å². The quantitative estimate of drug-likeness (QED) is 0.312. The van der Waals surface area contributed by atoms with Crippen molar-refractivity contribution in [1.82, 2.24) is 0 Å². The SMILES string of the molecule is CC(C)(CCC(=O)O)C(C)(C)C(N)(N)C(=O)O.[BiH3]. The second-order valence-corrected chi connectivity index (χ2v) is 5.58. The summed E-state index contributed by atoms with van der Waals surface area (Å²) in [5.74, 6) is -2.23. The van der Waals surface area contributed by atoms with E-state index in [2.05, 4.69) is 0 Å². The molecule has 18 heavy (non-hydrogen) atoms. The average molecular weight is 458 g/mol. The van der Waals surface area contributed by atoms with Crippen LogP contribution in [-0.2, 0) is 9.59 Å². The molecule has 0 aliphatic rings. The van der Waals surface area contributed by atoms with Crippen LogP contribution < -0.4 is 11.5 Å². The molecule has 0 bridgehead atoms. The Balaban J connectivity index is 0. The number of rotatable bonds is 6. The first kappa shape index (κ1) is 20.1. The van der Waals surface area contributed by atoms with Crippen LogP contribution in [0.4, 0.5) is 0 Å². The van der Waals surface area contributed by atoms with E-state index in [1.54, 1.807) is 27.7 Å². The summed E-state index contributed by atoms with van der Waals surface area (Å²) in [6.45, 7) is 6.83. The van der Waals surface area contributed by atoms with E-state index in [0.29, 0.717) is 6.42 Å². The summed E-state index contributed by atoms with van der Waals surface area (Å²) in [7, 11) is 0. The van der Waals surface area contributed by atoms with Crippen molar-refractivity contribution in [2.45, 2.75) is 46.2 Å². The topological polar surface area (TPSA) is 127 Å². The predicted octanol–water partition coefficient (Wildman–Crippen LogP) is -0.582. The minimum absolute atomic E-state index is 0. The van der Waals surface area contributed by atoms with Gasteiger partial charge in [0.25, 0.3) is 0 Å². The molecule has 0 aromatic carbocycles. The van der Waals surface area contributed by atoms with Crippen molar-refractivity contribution >= 4 is 38.1 Å². The molecule has 0 heterocycles. The zero-order chi connectivity index (χ0) is 14.1. The second kappa shape index (κ2) is 6.26. The molecule has 6 N–H and O–H groups in total. The molecule has 0 saturated carbocycles. The Morgan fingerprint density at radius 3 is 1.72 bits per heavy atom. The zero-order valence-corrected chi connectivity index (χ0v) is 17.0. The van der Waals surface area contributed by atoms with E-state index in [1.807, 2.05) is 0 Å². The first-order valence-corrected chi connectivity index (χ1v) is 5.39. The van der Waals surface area contributed by atoms with Gasteiger partial charge in [0.2, 0.25) is 0 Å². The molecule has 0 spiro atoms. The van der Waals surface area contributed by atoms with Crippen LogP contribution in [0.1, 0.15) is 40.5 Å². The third kappa shape index (κ3) is 3.87. The van der Waals surface area contributed by atoms with Crippen LogP contribution in [0.5, 0.6) is 0 Å². The van der Waals surface area contributed by atoms with Gasteiger partial charge in [-0.1, -0.05) is 27.7 Å². The van der Waals surface area contributed by atoms with Crippen LogP contribution in [0.2, 0.25) is 0 Å². The third-order valence-corrected chi connectivity index (χ3v) is 4.04. The van der Waals surface area contributed by atoms with E-state index in [4.69, 9.17) is 21.7 Å². The fraction of sp³-hybridized carbons (Fsp3) is 0.818. The third-order valence-electron chi connectivity index (χ3n) is 4.04. The van der Waals surface area contributed by atoms with Gasteiger partial charge in [0, 0.05) is 11.8 Å². The van der Waals surface area contributed by atoms with E-state index < -0.39 is 28.4 Å². The summed E-state index contributed by atoms with van der Waals surface area (Å²) in [6, 6.07) is 0. The molecule has 0 saturated heterocycles. The number of carbonyl (C=O) groups is 2. The van der Waals surface area contributed by atoms with Gasteiger partial charge in [-0.2, -0.15) is 0 Å². The minimum atomic E-state index is -1.91. The molecule has 0 aromatic rings. The van der Waals surface area contributed by atoms with Crippen molar-refractivity contribution < 1.29 is 19.8 Å². The van der Waals surface area contributed by atoms with Gasteiger partial charge in [-0.05, 0) is 11.8 Å². The fourth-order valence-electron chi connectivity index (χ4n) is 1.56. The predicted molar refractivity (Wildman–Crippen MR) is 73.1 cm³/mol. The molecule has 6 nitrogen and oxygen atoms in total. The summed E-state index contributed by atoms with van der Waals surface area (Å²) in [6.07, 6.45) is 0.255. The van der Waals surface area contributed by atoms with Crippen molar-refractivity contribution in [2.75, 3.05) is 0 Å². The number of hydrogen-bond acceptors (Lipinski definition) is 4. The Morgan fingerprint density at radius 1 is 1.06 bits per heavy atom. The van der Waals surface area contributed by atoms with Gasteiger partial charge in [0.05, 0.1) is 0 Å². The summed E-state index contributed by atoms with van der Waals surface area (Å²) >= 11 is 0. The maximum absolute atomic E-state index is 11.1. The molecule has 0 radical (unpaired) electrons. The number of aliphatic carboxylic acids is 2. The van der Waals surface area contributed by atoms with Crippen molar-refractivity contribution in [3.63, 3.8) is 0 Å². The van der Waals surface area contributed by atoms with Gasteiger partial charge >= 0.3 is 38.1 Å². The summed E-state index contributed by atoms with van der Waals surface area (Å²) in [5.41, 5.74) is 7.84. The molecule has 0 rings (SSSR count). The Morgan fingerprint density at radius 2 is 1.44 bits per heavy atom. The molecule has 0 amide bonds. The molecule has 0 aromatic heterocycles. The van der Waals surface area contributed by atoms with Gasteiger partial charge < -0.3 is 21.7 Å². The molecule has 0 unspecified atom stereocenters.